The fraction of sp³-hybridized carbons (Fsp3) is 0.833. The normalized spacial score (nSPS) is 10.5. The van der Waals surface area contributed by atoms with Crippen LogP contribution >= 0.6 is 0 Å². The summed E-state index contributed by atoms with van der Waals surface area (Å²) in [6.07, 6.45) is 7.43. The molecule has 0 amide bonds. The molecule has 0 aliphatic carbocycles. The molecule has 1 heteroatoms. The van der Waals surface area contributed by atoms with Gasteiger partial charge in [0.25, 0.3) is 0 Å². The summed E-state index contributed by atoms with van der Waals surface area (Å²) in [7, 11) is 0. The molecule has 1 nitrogen and oxygen atoms in total. The maximum absolute atomic E-state index is 4.05. The highest BCUT2D eigenvalue weighted by Crippen LogP contribution is 2.07. The van der Waals surface area contributed by atoms with Gasteiger partial charge in [-0.2, -0.15) is 0 Å². The highest BCUT2D eigenvalue weighted by atomic mass is 14.9. The average Bonchev–Trinajstić information content (AvgIpc) is 2.14. The summed E-state index contributed by atoms with van der Waals surface area (Å²) >= 11 is 0. The first-order valence-corrected chi connectivity index (χ1v) is 5.68. The van der Waals surface area contributed by atoms with Gasteiger partial charge in [0, 0.05) is 11.7 Å². The smallest absolute Gasteiger partial charge is 0.0252 e. The molecule has 0 bridgehead atoms. The predicted molar refractivity (Wildman–Crippen MR) is 60.8 cm³/mol. The van der Waals surface area contributed by atoms with Crippen molar-refractivity contribution in [1.29, 1.82) is 0 Å². The standard InChI is InChI=1S/C12H25N/c1-5-8-9-10-11(4)13-12(6-2)7-3/h12-13H,4-10H2,1-3H3. The molecular weight excluding hydrogens is 158 g/mol. The summed E-state index contributed by atoms with van der Waals surface area (Å²) in [5.74, 6) is 0. The van der Waals surface area contributed by atoms with E-state index in [4.69, 9.17) is 0 Å². The van der Waals surface area contributed by atoms with Crippen LogP contribution in [0, 0.1) is 0 Å². The SMILES string of the molecule is C=C(CCCCC)NC(CC)CC. The molecule has 0 saturated heterocycles. The van der Waals surface area contributed by atoms with Crippen molar-refractivity contribution in [3.63, 3.8) is 0 Å². The van der Waals surface area contributed by atoms with Gasteiger partial charge in [0.1, 0.15) is 0 Å². The van der Waals surface area contributed by atoms with Crippen LogP contribution in [0.1, 0.15) is 59.3 Å². The molecule has 0 spiro atoms. The molecular formula is C12H25N. The first kappa shape index (κ1) is 12.5. The molecule has 0 aromatic carbocycles. The topological polar surface area (TPSA) is 12.0 Å². The lowest BCUT2D eigenvalue weighted by Gasteiger charge is -2.17. The Morgan fingerprint density at radius 2 is 1.77 bits per heavy atom. The van der Waals surface area contributed by atoms with Gasteiger partial charge in [0.05, 0.1) is 0 Å². The summed E-state index contributed by atoms with van der Waals surface area (Å²) < 4.78 is 0. The molecule has 13 heavy (non-hydrogen) atoms. The third-order valence-electron chi connectivity index (χ3n) is 2.48. The summed E-state index contributed by atoms with van der Waals surface area (Å²) in [5.41, 5.74) is 1.22. The van der Waals surface area contributed by atoms with Crippen molar-refractivity contribution in [1.82, 2.24) is 5.32 Å². The molecule has 0 aliphatic heterocycles. The molecule has 1 N–H and O–H groups in total. The van der Waals surface area contributed by atoms with Crippen LogP contribution < -0.4 is 5.32 Å². The van der Waals surface area contributed by atoms with Crippen LogP contribution in [0.5, 0.6) is 0 Å². The van der Waals surface area contributed by atoms with Crippen LogP contribution in [0.2, 0.25) is 0 Å². The van der Waals surface area contributed by atoms with Crippen molar-refractivity contribution < 1.29 is 0 Å². The van der Waals surface area contributed by atoms with Gasteiger partial charge in [0.2, 0.25) is 0 Å². The summed E-state index contributed by atoms with van der Waals surface area (Å²) in [6, 6.07) is 0.633. The Balaban J connectivity index is 3.48. The molecule has 0 atom stereocenters. The first-order chi connectivity index (χ1) is 6.24. The monoisotopic (exact) mass is 183 g/mol. The number of hydrogen-bond donors (Lipinski definition) is 1. The van der Waals surface area contributed by atoms with E-state index in [1.165, 1.54) is 37.8 Å². The molecule has 0 aliphatic rings. The number of allylic oxidation sites excluding steroid dienone is 1. The maximum Gasteiger partial charge on any atom is 0.0252 e. The van der Waals surface area contributed by atoms with E-state index in [0.717, 1.165) is 6.42 Å². The molecule has 0 radical (unpaired) electrons. The largest absolute Gasteiger partial charge is 0.386 e. The minimum atomic E-state index is 0.633. The number of nitrogens with one attached hydrogen (secondary N) is 1. The minimum absolute atomic E-state index is 0.633. The van der Waals surface area contributed by atoms with Crippen molar-refractivity contribution in [2.45, 2.75) is 65.3 Å². The Kier molecular flexibility index (Phi) is 7.86. The Morgan fingerprint density at radius 3 is 2.23 bits per heavy atom. The fourth-order valence-corrected chi connectivity index (χ4v) is 1.44. The number of unbranched alkanes of at least 4 members (excludes halogenated alkanes) is 2. The molecule has 0 aromatic heterocycles. The summed E-state index contributed by atoms with van der Waals surface area (Å²) in [4.78, 5) is 0. The average molecular weight is 183 g/mol. The van der Waals surface area contributed by atoms with E-state index in [-0.39, 0.29) is 0 Å². The molecule has 0 heterocycles. The van der Waals surface area contributed by atoms with Gasteiger partial charge in [-0.15, -0.1) is 0 Å². The molecule has 0 unspecified atom stereocenters. The maximum atomic E-state index is 4.05. The van der Waals surface area contributed by atoms with Crippen LogP contribution in [0.25, 0.3) is 0 Å². The van der Waals surface area contributed by atoms with Crippen LogP contribution in [0.15, 0.2) is 12.3 Å². The Bertz CT molecular complexity index is 125. The zero-order valence-electron chi connectivity index (χ0n) is 9.53. The van der Waals surface area contributed by atoms with Crippen molar-refractivity contribution in [2.24, 2.45) is 0 Å². The molecule has 0 fully saturated rings. The fourth-order valence-electron chi connectivity index (χ4n) is 1.44. The van der Waals surface area contributed by atoms with E-state index >= 15 is 0 Å². The van der Waals surface area contributed by atoms with Crippen molar-refractivity contribution in [2.75, 3.05) is 0 Å². The van der Waals surface area contributed by atoms with Gasteiger partial charge in [0.15, 0.2) is 0 Å². The predicted octanol–water partition coefficient (Wildman–Crippen LogP) is 3.86. The Morgan fingerprint density at radius 1 is 1.15 bits per heavy atom. The zero-order valence-corrected chi connectivity index (χ0v) is 9.53. The second-order valence-electron chi connectivity index (χ2n) is 3.72. The lowest BCUT2D eigenvalue weighted by atomic mass is 10.1. The highest BCUT2D eigenvalue weighted by Gasteiger charge is 2.02. The quantitative estimate of drug-likeness (QED) is 0.563. The number of hydrogen-bond acceptors (Lipinski definition) is 1. The first-order valence-electron chi connectivity index (χ1n) is 5.68. The Labute approximate surface area is 83.6 Å². The highest BCUT2D eigenvalue weighted by molar-refractivity contribution is 4.93. The van der Waals surface area contributed by atoms with E-state index in [2.05, 4.69) is 32.7 Å². The third-order valence-corrected chi connectivity index (χ3v) is 2.48. The minimum Gasteiger partial charge on any atom is -0.386 e. The lowest BCUT2D eigenvalue weighted by Crippen LogP contribution is -2.26. The van der Waals surface area contributed by atoms with E-state index in [9.17, 15) is 0 Å². The van der Waals surface area contributed by atoms with Crippen LogP contribution in [0.4, 0.5) is 0 Å². The second-order valence-corrected chi connectivity index (χ2v) is 3.72. The van der Waals surface area contributed by atoms with Crippen LogP contribution in [-0.4, -0.2) is 6.04 Å². The second kappa shape index (κ2) is 8.15. The van der Waals surface area contributed by atoms with Gasteiger partial charge in [-0.3, -0.25) is 0 Å². The van der Waals surface area contributed by atoms with E-state index in [1.54, 1.807) is 0 Å². The molecule has 0 rings (SSSR count). The third kappa shape index (κ3) is 6.68. The van der Waals surface area contributed by atoms with Gasteiger partial charge in [-0.1, -0.05) is 40.2 Å². The van der Waals surface area contributed by atoms with Gasteiger partial charge in [-0.25, -0.2) is 0 Å². The van der Waals surface area contributed by atoms with E-state index < -0.39 is 0 Å². The Hall–Kier alpha value is -0.460. The molecule has 0 aromatic rings. The van der Waals surface area contributed by atoms with Crippen molar-refractivity contribution >= 4 is 0 Å². The number of rotatable bonds is 8. The van der Waals surface area contributed by atoms with Crippen LogP contribution in [0.3, 0.4) is 0 Å². The summed E-state index contributed by atoms with van der Waals surface area (Å²) in [6.45, 7) is 10.7. The lowest BCUT2D eigenvalue weighted by molar-refractivity contribution is 0.517. The zero-order chi connectivity index (χ0) is 10.1. The van der Waals surface area contributed by atoms with Gasteiger partial charge < -0.3 is 5.32 Å². The molecule has 0 saturated carbocycles. The van der Waals surface area contributed by atoms with Gasteiger partial charge in [-0.05, 0) is 25.7 Å². The van der Waals surface area contributed by atoms with E-state index in [0.29, 0.717) is 6.04 Å². The van der Waals surface area contributed by atoms with Gasteiger partial charge >= 0.3 is 0 Å². The molecule has 78 valence electrons. The van der Waals surface area contributed by atoms with Crippen LogP contribution in [-0.2, 0) is 0 Å². The van der Waals surface area contributed by atoms with Crippen molar-refractivity contribution in [3.8, 4) is 0 Å². The van der Waals surface area contributed by atoms with Crippen molar-refractivity contribution in [3.05, 3.63) is 12.3 Å². The summed E-state index contributed by atoms with van der Waals surface area (Å²) in [5, 5.41) is 3.48. The van der Waals surface area contributed by atoms with E-state index in [1.807, 2.05) is 0 Å².